The quantitative estimate of drug-likeness (QED) is 0.911. The van der Waals surface area contributed by atoms with Crippen molar-refractivity contribution in [2.24, 2.45) is 0 Å². The van der Waals surface area contributed by atoms with Gasteiger partial charge in [-0.2, -0.15) is 5.26 Å². The molecule has 0 aliphatic carbocycles. The largest absolute Gasteiger partial charge is 0.373 e. The first-order valence-electron chi connectivity index (χ1n) is 6.90. The zero-order chi connectivity index (χ0) is 15.2. The third kappa shape index (κ3) is 3.29. The average Bonchev–Trinajstić information content (AvgIpc) is 2.51. The number of hydrogen-bond acceptors (Lipinski definition) is 5. The van der Waals surface area contributed by atoms with E-state index in [2.05, 4.69) is 26.3 Å². The molecule has 0 fully saturated rings. The van der Waals surface area contributed by atoms with Crippen LogP contribution < -0.4 is 10.2 Å². The molecular formula is C16H19N5. The summed E-state index contributed by atoms with van der Waals surface area (Å²) in [6.07, 6.45) is 0.437. The predicted molar refractivity (Wildman–Crippen MR) is 84.7 cm³/mol. The molecule has 0 saturated carbocycles. The van der Waals surface area contributed by atoms with Gasteiger partial charge in [-0.15, -0.1) is 0 Å². The monoisotopic (exact) mass is 281 g/mol. The highest BCUT2D eigenvalue weighted by Crippen LogP contribution is 2.29. The van der Waals surface area contributed by atoms with E-state index in [-0.39, 0.29) is 0 Å². The maximum atomic E-state index is 8.91. The minimum atomic E-state index is 0.437. The number of anilines is 3. The van der Waals surface area contributed by atoms with Gasteiger partial charge in [0.1, 0.15) is 17.5 Å². The number of rotatable bonds is 5. The third-order valence-corrected chi connectivity index (χ3v) is 3.24. The van der Waals surface area contributed by atoms with E-state index in [9.17, 15) is 0 Å². The number of para-hydroxylation sites is 1. The topological polar surface area (TPSA) is 64.8 Å². The molecule has 0 amide bonds. The van der Waals surface area contributed by atoms with Gasteiger partial charge in [-0.3, -0.25) is 0 Å². The van der Waals surface area contributed by atoms with Crippen LogP contribution in [-0.2, 0) is 0 Å². The smallest absolute Gasteiger partial charge is 0.141 e. The fourth-order valence-corrected chi connectivity index (χ4v) is 2.25. The normalized spacial score (nSPS) is 10.0. The van der Waals surface area contributed by atoms with Crippen LogP contribution >= 0.6 is 0 Å². The van der Waals surface area contributed by atoms with Crippen LogP contribution in [-0.4, -0.2) is 23.6 Å². The zero-order valence-corrected chi connectivity index (χ0v) is 12.6. The Morgan fingerprint density at radius 1 is 1.19 bits per heavy atom. The molecule has 0 spiro atoms. The molecule has 2 rings (SSSR count). The minimum absolute atomic E-state index is 0.437. The summed E-state index contributed by atoms with van der Waals surface area (Å²) in [5, 5.41) is 12.0. The number of nitriles is 1. The van der Waals surface area contributed by atoms with Gasteiger partial charge in [-0.25, -0.2) is 9.97 Å². The maximum Gasteiger partial charge on any atom is 0.141 e. The second-order valence-corrected chi connectivity index (χ2v) is 4.71. The van der Waals surface area contributed by atoms with Gasteiger partial charge >= 0.3 is 0 Å². The highest BCUT2D eigenvalue weighted by atomic mass is 15.2. The van der Waals surface area contributed by atoms with Crippen LogP contribution in [0.4, 0.5) is 17.3 Å². The van der Waals surface area contributed by atoms with Gasteiger partial charge in [-0.1, -0.05) is 18.2 Å². The zero-order valence-electron chi connectivity index (χ0n) is 12.6. The summed E-state index contributed by atoms with van der Waals surface area (Å²) in [6.45, 7) is 4.46. The summed E-state index contributed by atoms with van der Waals surface area (Å²) < 4.78 is 0. The molecular weight excluding hydrogens is 262 g/mol. The third-order valence-electron chi connectivity index (χ3n) is 3.24. The lowest BCUT2D eigenvalue weighted by atomic mass is 10.2. The molecule has 1 aromatic carbocycles. The van der Waals surface area contributed by atoms with Crippen molar-refractivity contribution in [3.05, 3.63) is 41.7 Å². The molecule has 5 heteroatoms. The molecule has 0 radical (unpaired) electrons. The molecule has 21 heavy (non-hydrogen) atoms. The van der Waals surface area contributed by atoms with E-state index in [1.54, 1.807) is 0 Å². The van der Waals surface area contributed by atoms with Crippen molar-refractivity contribution in [3.63, 3.8) is 0 Å². The second-order valence-electron chi connectivity index (χ2n) is 4.71. The van der Waals surface area contributed by atoms with Crippen molar-refractivity contribution in [1.82, 2.24) is 9.97 Å². The van der Waals surface area contributed by atoms with E-state index >= 15 is 0 Å². The number of nitrogens with one attached hydrogen (secondary N) is 1. The van der Waals surface area contributed by atoms with Gasteiger partial charge in [0.25, 0.3) is 0 Å². The number of nitrogens with zero attached hydrogens (tertiary/aromatic N) is 4. The summed E-state index contributed by atoms with van der Waals surface area (Å²) in [5.41, 5.74) is 2.00. The molecule has 0 unspecified atom stereocenters. The first kappa shape index (κ1) is 14.8. The van der Waals surface area contributed by atoms with Crippen LogP contribution in [0.3, 0.4) is 0 Å². The van der Waals surface area contributed by atoms with Gasteiger partial charge in [0.05, 0.1) is 12.5 Å². The molecule has 2 aromatic rings. The van der Waals surface area contributed by atoms with Gasteiger partial charge < -0.3 is 10.2 Å². The van der Waals surface area contributed by atoms with Crippen molar-refractivity contribution in [1.29, 1.82) is 5.26 Å². The predicted octanol–water partition coefficient (Wildman–Crippen LogP) is 3.19. The Hall–Kier alpha value is -2.61. The van der Waals surface area contributed by atoms with Crippen LogP contribution in [0, 0.1) is 25.2 Å². The average molecular weight is 281 g/mol. The molecule has 0 saturated heterocycles. The summed E-state index contributed by atoms with van der Waals surface area (Å²) in [4.78, 5) is 11.0. The first-order chi connectivity index (χ1) is 10.2. The second kappa shape index (κ2) is 6.71. The summed E-state index contributed by atoms with van der Waals surface area (Å²) in [6, 6.07) is 12.2. The van der Waals surface area contributed by atoms with Crippen LogP contribution in [0.1, 0.15) is 17.8 Å². The Morgan fingerprint density at radius 2 is 1.90 bits per heavy atom. The van der Waals surface area contributed by atoms with Crippen molar-refractivity contribution in [2.75, 3.05) is 23.8 Å². The van der Waals surface area contributed by atoms with Crippen LogP contribution in [0.15, 0.2) is 30.3 Å². The van der Waals surface area contributed by atoms with Gasteiger partial charge in [0, 0.05) is 24.8 Å². The highest BCUT2D eigenvalue weighted by Gasteiger charge is 2.16. The van der Waals surface area contributed by atoms with Crippen LogP contribution in [0.25, 0.3) is 0 Å². The summed E-state index contributed by atoms with van der Waals surface area (Å²) >= 11 is 0. The standard InChI is InChI=1S/C16H19N5/c1-12-15(18-3)19-13(2)20-16(12)21(11-7-10-17)14-8-5-4-6-9-14/h4-6,8-9H,7,11H2,1-3H3,(H,18,19,20). The fraction of sp³-hybridized carbons (Fsp3) is 0.312. The van der Waals surface area contributed by atoms with Crippen molar-refractivity contribution >= 4 is 17.3 Å². The van der Waals surface area contributed by atoms with Crippen LogP contribution in [0.5, 0.6) is 0 Å². The summed E-state index contributed by atoms with van der Waals surface area (Å²) in [5.74, 6) is 2.36. The Morgan fingerprint density at radius 3 is 2.52 bits per heavy atom. The van der Waals surface area contributed by atoms with E-state index in [1.807, 2.05) is 51.2 Å². The molecule has 108 valence electrons. The Kier molecular flexibility index (Phi) is 4.72. The molecule has 1 aromatic heterocycles. The van der Waals surface area contributed by atoms with Gasteiger partial charge in [0.2, 0.25) is 0 Å². The lowest BCUT2D eigenvalue weighted by molar-refractivity contribution is 0.899. The fourth-order valence-electron chi connectivity index (χ4n) is 2.25. The number of hydrogen-bond donors (Lipinski definition) is 1. The van der Waals surface area contributed by atoms with Gasteiger partial charge in [0.15, 0.2) is 0 Å². The molecule has 0 atom stereocenters. The Labute approximate surface area is 125 Å². The van der Waals surface area contributed by atoms with Crippen LogP contribution in [0.2, 0.25) is 0 Å². The van der Waals surface area contributed by atoms with Crippen molar-refractivity contribution in [2.45, 2.75) is 20.3 Å². The minimum Gasteiger partial charge on any atom is -0.373 e. The van der Waals surface area contributed by atoms with Crippen molar-refractivity contribution in [3.8, 4) is 6.07 Å². The summed E-state index contributed by atoms with van der Waals surface area (Å²) in [7, 11) is 1.85. The van der Waals surface area contributed by atoms with E-state index in [4.69, 9.17) is 5.26 Å². The van der Waals surface area contributed by atoms with E-state index in [0.29, 0.717) is 18.8 Å². The van der Waals surface area contributed by atoms with E-state index in [0.717, 1.165) is 22.9 Å². The molecule has 0 bridgehead atoms. The molecule has 0 aliphatic heterocycles. The number of aromatic nitrogens is 2. The van der Waals surface area contributed by atoms with E-state index < -0.39 is 0 Å². The maximum absolute atomic E-state index is 8.91. The lowest BCUT2D eigenvalue weighted by Crippen LogP contribution is -2.21. The Balaban J connectivity index is 2.51. The Bertz CT molecular complexity index is 646. The van der Waals surface area contributed by atoms with E-state index in [1.165, 1.54) is 0 Å². The van der Waals surface area contributed by atoms with Gasteiger partial charge in [-0.05, 0) is 26.0 Å². The molecule has 0 aliphatic rings. The first-order valence-corrected chi connectivity index (χ1v) is 6.90. The number of aryl methyl sites for hydroxylation is 1. The SMILES string of the molecule is CNc1nc(C)nc(N(CCC#N)c2ccccc2)c1C. The highest BCUT2D eigenvalue weighted by molar-refractivity contribution is 5.67. The molecule has 1 heterocycles. The molecule has 1 N–H and O–H groups in total. The number of benzene rings is 1. The lowest BCUT2D eigenvalue weighted by Gasteiger charge is -2.25. The van der Waals surface area contributed by atoms with Crippen molar-refractivity contribution < 1.29 is 0 Å². The molecule has 5 nitrogen and oxygen atoms in total.